The number of fused-ring (bicyclic) bond motifs is 1. The average molecular weight is 541 g/mol. The van der Waals surface area contributed by atoms with E-state index in [1.807, 2.05) is 0 Å². The lowest BCUT2D eigenvalue weighted by Gasteiger charge is -2.48. The third kappa shape index (κ3) is 6.51. The number of hydrogen-bond donors (Lipinski definition) is 2. The summed E-state index contributed by atoms with van der Waals surface area (Å²) in [7, 11) is 1.24. The van der Waals surface area contributed by atoms with E-state index in [0.717, 1.165) is 11.5 Å². The SMILES string of the molecule is CO/N=C(/C(=O)N[C@@H]1C(=O)N2C(C(=O)OC(C)(C)C)=CCS[C@H]12)c1nsc(NC(=O)OC(C)(C)C)n1. The molecule has 1 aromatic heterocycles. The van der Waals surface area contributed by atoms with Crippen molar-refractivity contribution in [2.45, 2.75) is 64.2 Å². The molecule has 0 radical (unpaired) electrons. The Morgan fingerprint density at radius 3 is 2.42 bits per heavy atom. The number of oxime groups is 1. The first-order valence-corrected chi connectivity index (χ1v) is 12.7. The number of rotatable bonds is 6. The number of aromatic nitrogens is 2. The number of ether oxygens (including phenoxy) is 2. The number of β-lactam (4-membered cyclic amide) rings is 1. The van der Waals surface area contributed by atoms with Crippen LogP contribution in [0.1, 0.15) is 47.4 Å². The van der Waals surface area contributed by atoms with Gasteiger partial charge in [0.05, 0.1) is 0 Å². The minimum atomic E-state index is -0.909. The Hall–Kier alpha value is -3.20. The highest BCUT2D eigenvalue weighted by atomic mass is 32.2. The lowest BCUT2D eigenvalue weighted by atomic mass is 10.0. The molecule has 2 N–H and O–H groups in total. The Labute approximate surface area is 216 Å². The molecule has 13 nitrogen and oxygen atoms in total. The van der Waals surface area contributed by atoms with Crippen LogP contribution in [0.3, 0.4) is 0 Å². The second-order valence-electron chi connectivity index (χ2n) is 9.65. The predicted molar refractivity (Wildman–Crippen MR) is 132 cm³/mol. The van der Waals surface area contributed by atoms with Crippen molar-refractivity contribution >= 4 is 58.0 Å². The summed E-state index contributed by atoms with van der Waals surface area (Å²) in [4.78, 5) is 60.5. The zero-order valence-electron chi connectivity index (χ0n) is 20.9. The van der Waals surface area contributed by atoms with Crippen LogP contribution in [-0.2, 0) is 28.7 Å². The molecule has 0 bridgehead atoms. The van der Waals surface area contributed by atoms with E-state index in [-0.39, 0.29) is 22.4 Å². The van der Waals surface area contributed by atoms with Crippen LogP contribution in [0, 0.1) is 0 Å². The lowest BCUT2D eigenvalue weighted by molar-refractivity contribution is -0.158. The van der Waals surface area contributed by atoms with Gasteiger partial charge in [-0.1, -0.05) is 5.16 Å². The van der Waals surface area contributed by atoms with Crippen molar-refractivity contribution in [3.63, 3.8) is 0 Å². The maximum Gasteiger partial charge on any atom is 0.414 e. The van der Waals surface area contributed by atoms with E-state index in [9.17, 15) is 19.2 Å². The largest absolute Gasteiger partial charge is 0.455 e. The standard InChI is InChI=1S/C21H28N6O7S2/c1-20(2,3)33-17(30)10-8-9-35-16-12(15(29)27(10)16)22-14(28)11(25-32-7)13-23-18(36-26-13)24-19(31)34-21(4,5)6/h8,12,16H,9H2,1-7H3,(H,22,28)(H,23,24,26,31)/b25-11+/t12-,16-/m1/s1. The number of nitrogens with zero attached hydrogens (tertiary/aromatic N) is 4. The molecular formula is C21H28N6O7S2. The Kier molecular flexibility index (Phi) is 7.93. The number of anilines is 1. The van der Waals surface area contributed by atoms with Gasteiger partial charge in [-0.3, -0.25) is 19.8 Å². The molecule has 196 valence electrons. The van der Waals surface area contributed by atoms with Gasteiger partial charge in [0.25, 0.3) is 11.8 Å². The summed E-state index contributed by atoms with van der Waals surface area (Å²) in [5.74, 6) is -1.48. The van der Waals surface area contributed by atoms with Crippen molar-refractivity contribution in [2.24, 2.45) is 5.16 Å². The fourth-order valence-electron chi connectivity index (χ4n) is 3.11. The minimum Gasteiger partial charge on any atom is -0.455 e. The zero-order valence-corrected chi connectivity index (χ0v) is 22.5. The summed E-state index contributed by atoms with van der Waals surface area (Å²) in [6, 6.07) is -0.909. The second-order valence-corrected chi connectivity index (χ2v) is 11.5. The van der Waals surface area contributed by atoms with Crippen LogP contribution in [0.25, 0.3) is 0 Å². The normalized spacial score (nSPS) is 20.0. The van der Waals surface area contributed by atoms with Gasteiger partial charge >= 0.3 is 12.1 Å². The minimum absolute atomic E-state index is 0.0803. The second kappa shape index (κ2) is 10.4. The molecule has 3 heterocycles. The van der Waals surface area contributed by atoms with E-state index < -0.39 is 46.5 Å². The first kappa shape index (κ1) is 27.4. The molecule has 2 aliphatic rings. The van der Waals surface area contributed by atoms with Gasteiger partial charge in [-0.25, -0.2) is 9.59 Å². The van der Waals surface area contributed by atoms with Gasteiger partial charge in [0, 0.05) is 17.3 Å². The molecule has 1 saturated heterocycles. The maximum atomic E-state index is 13.0. The number of carbonyl (C=O) groups is 4. The monoisotopic (exact) mass is 540 g/mol. The van der Waals surface area contributed by atoms with Crippen LogP contribution in [0.4, 0.5) is 9.93 Å². The molecule has 2 aliphatic heterocycles. The van der Waals surface area contributed by atoms with Crippen molar-refractivity contribution in [3.05, 3.63) is 17.6 Å². The number of nitrogens with one attached hydrogen (secondary N) is 2. The maximum absolute atomic E-state index is 13.0. The Morgan fingerprint density at radius 2 is 1.81 bits per heavy atom. The van der Waals surface area contributed by atoms with Crippen LogP contribution in [-0.4, -0.2) is 79.3 Å². The first-order valence-electron chi connectivity index (χ1n) is 10.8. The van der Waals surface area contributed by atoms with E-state index in [1.165, 1.54) is 23.8 Å². The molecule has 15 heteroatoms. The van der Waals surface area contributed by atoms with Crippen molar-refractivity contribution in [1.29, 1.82) is 0 Å². The summed E-state index contributed by atoms with van der Waals surface area (Å²) in [5.41, 5.74) is -1.57. The molecule has 2 atom stereocenters. The van der Waals surface area contributed by atoms with E-state index in [0.29, 0.717) is 5.75 Å². The fraction of sp³-hybridized carbons (Fsp3) is 0.571. The lowest BCUT2D eigenvalue weighted by Crippen LogP contribution is -2.70. The highest BCUT2D eigenvalue weighted by Crippen LogP contribution is 2.38. The van der Waals surface area contributed by atoms with Gasteiger partial charge in [-0.2, -0.15) is 9.36 Å². The van der Waals surface area contributed by atoms with Crippen LogP contribution >= 0.6 is 23.3 Å². The van der Waals surface area contributed by atoms with Crippen LogP contribution in [0.5, 0.6) is 0 Å². The van der Waals surface area contributed by atoms with E-state index in [2.05, 4.69) is 25.1 Å². The van der Waals surface area contributed by atoms with Crippen molar-refractivity contribution in [1.82, 2.24) is 19.6 Å². The molecule has 1 aromatic rings. The fourth-order valence-corrected chi connectivity index (χ4v) is 4.86. The topological polar surface area (TPSA) is 161 Å². The van der Waals surface area contributed by atoms with Gasteiger partial charge in [-0.05, 0) is 47.6 Å². The summed E-state index contributed by atoms with van der Waals surface area (Å²) >= 11 is 2.20. The number of hydrogen-bond acceptors (Lipinski definition) is 12. The van der Waals surface area contributed by atoms with Crippen LogP contribution in [0.2, 0.25) is 0 Å². The molecule has 0 unspecified atom stereocenters. The number of carbonyl (C=O) groups excluding carboxylic acids is 4. The molecular weight excluding hydrogens is 512 g/mol. The predicted octanol–water partition coefficient (Wildman–Crippen LogP) is 1.86. The number of amides is 3. The molecule has 1 fully saturated rings. The van der Waals surface area contributed by atoms with Gasteiger partial charge in [0.1, 0.15) is 35.4 Å². The van der Waals surface area contributed by atoms with Crippen LogP contribution < -0.4 is 10.6 Å². The van der Waals surface area contributed by atoms with E-state index >= 15 is 0 Å². The molecule has 0 spiro atoms. The smallest absolute Gasteiger partial charge is 0.414 e. The highest BCUT2D eigenvalue weighted by molar-refractivity contribution is 8.00. The molecule has 36 heavy (non-hydrogen) atoms. The number of thioether (sulfide) groups is 1. The summed E-state index contributed by atoms with van der Waals surface area (Å²) < 4.78 is 14.6. The Morgan fingerprint density at radius 1 is 1.14 bits per heavy atom. The Bertz CT molecular complexity index is 1120. The average Bonchev–Trinajstić information content (AvgIpc) is 3.20. The summed E-state index contributed by atoms with van der Waals surface area (Å²) in [6.45, 7) is 10.3. The van der Waals surface area contributed by atoms with Gasteiger partial charge in [-0.15, -0.1) is 11.8 Å². The van der Waals surface area contributed by atoms with Crippen molar-refractivity contribution in [3.8, 4) is 0 Å². The number of esters is 1. The molecule has 0 saturated carbocycles. The van der Waals surface area contributed by atoms with Gasteiger partial charge in [0.2, 0.25) is 16.7 Å². The molecule has 3 amide bonds. The zero-order chi connectivity index (χ0) is 26.8. The molecule has 3 rings (SSSR count). The summed E-state index contributed by atoms with van der Waals surface area (Å²) in [5, 5.41) is 8.33. The van der Waals surface area contributed by atoms with Gasteiger partial charge in [0.15, 0.2) is 0 Å². The van der Waals surface area contributed by atoms with Crippen molar-refractivity contribution in [2.75, 3.05) is 18.2 Å². The van der Waals surface area contributed by atoms with E-state index in [1.54, 1.807) is 47.6 Å². The Balaban J connectivity index is 1.68. The molecule has 0 aromatic carbocycles. The van der Waals surface area contributed by atoms with E-state index in [4.69, 9.17) is 14.3 Å². The quantitative estimate of drug-likeness (QED) is 0.236. The molecule has 0 aliphatic carbocycles. The van der Waals surface area contributed by atoms with Crippen molar-refractivity contribution < 1.29 is 33.5 Å². The van der Waals surface area contributed by atoms with Crippen LogP contribution in [0.15, 0.2) is 16.9 Å². The third-order valence-corrected chi connectivity index (χ3v) is 6.20. The first-order chi connectivity index (χ1) is 16.7. The van der Waals surface area contributed by atoms with Gasteiger partial charge < -0.3 is 19.6 Å². The highest BCUT2D eigenvalue weighted by Gasteiger charge is 2.53. The third-order valence-electron chi connectivity index (χ3n) is 4.38. The summed E-state index contributed by atoms with van der Waals surface area (Å²) in [6.07, 6.45) is 0.893.